The van der Waals surface area contributed by atoms with Crippen LogP contribution in [0, 0.1) is 0 Å². The Hall–Kier alpha value is -3.08. The molecule has 5 nitrogen and oxygen atoms in total. The predicted molar refractivity (Wildman–Crippen MR) is 87.2 cm³/mol. The van der Waals surface area contributed by atoms with Crippen molar-refractivity contribution >= 4 is 5.91 Å². The van der Waals surface area contributed by atoms with Crippen LogP contribution in [0.25, 0.3) is 5.69 Å². The first kappa shape index (κ1) is 14.8. The number of amides is 1. The largest absolute Gasteiger partial charge is 0.487 e. The predicted octanol–water partition coefficient (Wildman–Crippen LogP) is 2.48. The number of carbonyl (C=O) groups excluding carboxylic acids is 1. The van der Waals surface area contributed by atoms with Crippen LogP contribution in [0.5, 0.6) is 5.75 Å². The van der Waals surface area contributed by atoms with Crippen LogP contribution >= 0.6 is 0 Å². The van der Waals surface area contributed by atoms with Crippen LogP contribution in [0.4, 0.5) is 0 Å². The third-order valence-corrected chi connectivity index (χ3v) is 3.33. The summed E-state index contributed by atoms with van der Waals surface area (Å²) in [5, 5.41) is 4.48. The van der Waals surface area contributed by atoms with Gasteiger partial charge in [0.2, 0.25) is 5.91 Å². The van der Waals surface area contributed by atoms with Gasteiger partial charge in [-0.2, -0.15) is 5.10 Å². The number of para-hydroxylation sites is 1. The Labute approximate surface area is 134 Å². The lowest BCUT2D eigenvalue weighted by Crippen LogP contribution is -2.13. The van der Waals surface area contributed by atoms with Gasteiger partial charge in [0.25, 0.3) is 0 Å². The Balaban J connectivity index is 1.65. The summed E-state index contributed by atoms with van der Waals surface area (Å²) in [6, 6.07) is 19.2. The summed E-state index contributed by atoms with van der Waals surface area (Å²) >= 11 is 0. The molecule has 0 fully saturated rings. The maximum Gasteiger partial charge on any atom is 0.221 e. The first-order valence-electron chi connectivity index (χ1n) is 7.31. The molecule has 0 spiro atoms. The maximum atomic E-state index is 11.0. The van der Waals surface area contributed by atoms with E-state index in [1.165, 1.54) is 0 Å². The highest BCUT2D eigenvalue weighted by Gasteiger charge is 2.04. The molecule has 0 radical (unpaired) electrons. The van der Waals surface area contributed by atoms with Crippen molar-refractivity contribution in [2.75, 3.05) is 0 Å². The second kappa shape index (κ2) is 6.79. The zero-order valence-electron chi connectivity index (χ0n) is 12.6. The minimum absolute atomic E-state index is 0.208. The molecule has 2 aromatic carbocycles. The third kappa shape index (κ3) is 3.97. The fourth-order valence-electron chi connectivity index (χ4n) is 2.27. The number of aromatic nitrogens is 2. The molecule has 0 aliphatic rings. The minimum Gasteiger partial charge on any atom is -0.487 e. The quantitative estimate of drug-likeness (QED) is 0.760. The van der Waals surface area contributed by atoms with E-state index in [4.69, 9.17) is 10.5 Å². The summed E-state index contributed by atoms with van der Waals surface area (Å²) in [6.07, 6.45) is 2.11. The number of nitrogens with two attached hydrogens (primary N) is 1. The first-order chi connectivity index (χ1) is 11.2. The van der Waals surface area contributed by atoms with Crippen molar-refractivity contribution in [3.05, 3.63) is 78.1 Å². The summed E-state index contributed by atoms with van der Waals surface area (Å²) < 4.78 is 7.54. The van der Waals surface area contributed by atoms with Crippen LogP contribution in [0.3, 0.4) is 0 Å². The van der Waals surface area contributed by atoms with Crippen molar-refractivity contribution in [1.29, 1.82) is 0 Å². The Kier molecular flexibility index (Phi) is 4.38. The molecule has 3 aromatic rings. The summed E-state index contributed by atoms with van der Waals surface area (Å²) in [5.74, 6) is 0.335. The van der Waals surface area contributed by atoms with Gasteiger partial charge in [0.15, 0.2) is 0 Å². The molecular weight excluding hydrogens is 290 g/mol. The number of ether oxygens (including phenoxy) is 1. The Morgan fingerprint density at radius 2 is 1.91 bits per heavy atom. The molecule has 1 heterocycles. The standard InChI is InChI=1S/C18H17N3O2/c19-18(22)12-14-5-4-8-17(11-14)23-13-15-9-10-21(20-15)16-6-2-1-3-7-16/h1-11H,12-13H2,(H2,19,22). The molecule has 0 aliphatic heterocycles. The summed E-state index contributed by atoms with van der Waals surface area (Å²) in [6.45, 7) is 0.361. The van der Waals surface area contributed by atoms with Gasteiger partial charge in [-0.3, -0.25) is 4.79 Å². The minimum atomic E-state index is -0.358. The van der Waals surface area contributed by atoms with Crippen molar-refractivity contribution in [2.45, 2.75) is 13.0 Å². The van der Waals surface area contributed by atoms with Crippen LogP contribution in [0.1, 0.15) is 11.3 Å². The molecule has 2 N–H and O–H groups in total. The van der Waals surface area contributed by atoms with Crippen LogP contribution in [0.2, 0.25) is 0 Å². The maximum absolute atomic E-state index is 11.0. The van der Waals surface area contributed by atoms with E-state index in [-0.39, 0.29) is 12.3 Å². The van der Waals surface area contributed by atoms with Gasteiger partial charge in [0.05, 0.1) is 12.1 Å². The van der Waals surface area contributed by atoms with E-state index in [1.54, 1.807) is 0 Å². The van der Waals surface area contributed by atoms with Gasteiger partial charge in [-0.15, -0.1) is 0 Å². The van der Waals surface area contributed by atoms with E-state index in [9.17, 15) is 4.79 Å². The number of nitrogens with zero attached hydrogens (tertiary/aromatic N) is 2. The highest BCUT2D eigenvalue weighted by molar-refractivity contribution is 5.76. The molecule has 0 aliphatic carbocycles. The normalized spacial score (nSPS) is 10.4. The molecule has 0 saturated heterocycles. The summed E-state index contributed by atoms with van der Waals surface area (Å²) in [5.41, 5.74) is 7.87. The van der Waals surface area contributed by atoms with Crippen LogP contribution in [-0.4, -0.2) is 15.7 Å². The zero-order valence-corrected chi connectivity index (χ0v) is 12.6. The average molecular weight is 307 g/mol. The highest BCUT2D eigenvalue weighted by atomic mass is 16.5. The number of hydrogen-bond donors (Lipinski definition) is 1. The van der Waals surface area contributed by atoms with Gasteiger partial charge >= 0.3 is 0 Å². The number of rotatable bonds is 6. The second-order valence-electron chi connectivity index (χ2n) is 5.17. The van der Waals surface area contributed by atoms with Crippen molar-refractivity contribution < 1.29 is 9.53 Å². The van der Waals surface area contributed by atoms with Gasteiger partial charge in [-0.25, -0.2) is 4.68 Å². The van der Waals surface area contributed by atoms with Gasteiger partial charge in [0.1, 0.15) is 18.1 Å². The monoisotopic (exact) mass is 307 g/mol. The lowest BCUT2D eigenvalue weighted by atomic mass is 10.1. The lowest BCUT2D eigenvalue weighted by Gasteiger charge is -2.06. The number of benzene rings is 2. The van der Waals surface area contributed by atoms with Crippen molar-refractivity contribution in [2.24, 2.45) is 5.73 Å². The third-order valence-electron chi connectivity index (χ3n) is 3.33. The fourth-order valence-corrected chi connectivity index (χ4v) is 2.27. The second-order valence-corrected chi connectivity index (χ2v) is 5.17. The van der Waals surface area contributed by atoms with E-state index in [2.05, 4.69) is 5.10 Å². The first-order valence-corrected chi connectivity index (χ1v) is 7.31. The van der Waals surface area contributed by atoms with Crippen LogP contribution in [0.15, 0.2) is 66.9 Å². The summed E-state index contributed by atoms with van der Waals surface area (Å²) in [4.78, 5) is 11.0. The molecule has 23 heavy (non-hydrogen) atoms. The van der Waals surface area contributed by atoms with Crippen LogP contribution < -0.4 is 10.5 Å². The molecule has 1 aromatic heterocycles. The van der Waals surface area contributed by atoms with Crippen molar-refractivity contribution in [1.82, 2.24) is 9.78 Å². The molecule has 5 heteroatoms. The molecule has 0 bridgehead atoms. The van der Waals surface area contributed by atoms with Gasteiger partial charge in [0, 0.05) is 6.20 Å². The molecule has 0 unspecified atom stereocenters. The van der Waals surface area contributed by atoms with E-state index in [0.29, 0.717) is 12.4 Å². The zero-order chi connectivity index (χ0) is 16.1. The number of carbonyl (C=O) groups is 1. The fraction of sp³-hybridized carbons (Fsp3) is 0.111. The molecule has 0 atom stereocenters. The van der Waals surface area contributed by atoms with E-state index in [0.717, 1.165) is 16.9 Å². The lowest BCUT2D eigenvalue weighted by molar-refractivity contribution is -0.117. The number of primary amides is 1. The van der Waals surface area contributed by atoms with Gasteiger partial charge < -0.3 is 10.5 Å². The molecule has 3 rings (SSSR count). The SMILES string of the molecule is NC(=O)Cc1cccc(OCc2ccn(-c3ccccc3)n2)c1. The van der Waals surface area contributed by atoms with Gasteiger partial charge in [-0.05, 0) is 35.9 Å². The van der Waals surface area contributed by atoms with Crippen molar-refractivity contribution in [3.63, 3.8) is 0 Å². The topological polar surface area (TPSA) is 70.1 Å². The van der Waals surface area contributed by atoms with E-state index < -0.39 is 0 Å². The molecule has 0 saturated carbocycles. The Bertz CT molecular complexity index is 797. The number of hydrogen-bond acceptors (Lipinski definition) is 3. The Morgan fingerprint density at radius 3 is 2.70 bits per heavy atom. The average Bonchev–Trinajstić information content (AvgIpc) is 3.02. The van der Waals surface area contributed by atoms with Crippen molar-refractivity contribution in [3.8, 4) is 11.4 Å². The van der Waals surface area contributed by atoms with E-state index >= 15 is 0 Å². The Morgan fingerprint density at radius 1 is 1.09 bits per heavy atom. The molecule has 1 amide bonds. The van der Waals surface area contributed by atoms with Gasteiger partial charge in [-0.1, -0.05) is 30.3 Å². The molecule has 116 valence electrons. The summed E-state index contributed by atoms with van der Waals surface area (Å²) in [7, 11) is 0. The van der Waals surface area contributed by atoms with Crippen LogP contribution in [-0.2, 0) is 17.8 Å². The smallest absolute Gasteiger partial charge is 0.221 e. The van der Waals surface area contributed by atoms with E-state index in [1.807, 2.05) is 71.5 Å². The highest BCUT2D eigenvalue weighted by Crippen LogP contribution is 2.15. The molecular formula is C18H17N3O2.